The highest BCUT2D eigenvalue weighted by atomic mass is 31.1. The molecule has 0 saturated heterocycles. The summed E-state index contributed by atoms with van der Waals surface area (Å²) in [6.07, 6.45) is 10.3. The number of benzene rings is 1. The van der Waals surface area contributed by atoms with Gasteiger partial charge >= 0.3 is 13.3 Å². The predicted molar refractivity (Wildman–Crippen MR) is 96.8 cm³/mol. The van der Waals surface area contributed by atoms with E-state index in [1.807, 2.05) is 0 Å². The van der Waals surface area contributed by atoms with E-state index in [4.69, 9.17) is 9.47 Å². The highest BCUT2D eigenvalue weighted by Crippen LogP contribution is 2.38. The Bertz CT molecular complexity index is 542. The molecule has 0 N–H and O–H groups in total. The second-order valence-corrected chi connectivity index (χ2v) is 8.06. The Hall–Kier alpha value is -1.41. The minimum Gasteiger partial charge on any atom is -0.496 e. The van der Waals surface area contributed by atoms with Crippen LogP contribution in [-0.4, -0.2) is 25.9 Å². The Kier molecular flexibility index (Phi) is 7.71. The standard InChI is InChI=1S/C19H28O4P/c1-22-16-12-8-13-17(23-2)18(16)19(20)24(21)14-7-6-11-15-9-4-3-5-10-15/h8,12-13,15H,3-7,9-11,14H2,1-2H3/q+1. The van der Waals surface area contributed by atoms with E-state index < -0.39 is 7.80 Å². The number of rotatable bonds is 9. The number of hydrogen-bond acceptors (Lipinski definition) is 4. The van der Waals surface area contributed by atoms with Crippen molar-refractivity contribution >= 4 is 13.3 Å². The molecule has 1 aliphatic carbocycles. The van der Waals surface area contributed by atoms with Crippen LogP contribution in [0.15, 0.2) is 18.2 Å². The maximum Gasteiger partial charge on any atom is 0.420 e. The topological polar surface area (TPSA) is 52.6 Å². The monoisotopic (exact) mass is 351 g/mol. The second kappa shape index (κ2) is 9.78. The summed E-state index contributed by atoms with van der Waals surface area (Å²) in [6, 6.07) is 5.15. The summed E-state index contributed by atoms with van der Waals surface area (Å²) >= 11 is 0. The first-order valence-electron chi connectivity index (χ1n) is 8.87. The molecule has 0 amide bonds. The fourth-order valence-corrected chi connectivity index (χ4v) is 4.64. The first-order chi connectivity index (χ1) is 11.7. The van der Waals surface area contributed by atoms with Crippen LogP contribution >= 0.6 is 7.80 Å². The van der Waals surface area contributed by atoms with E-state index in [1.165, 1.54) is 52.7 Å². The van der Waals surface area contributed by atoms with Crippen LogP contribution in [-0.2, 0) is 4.57 Å². The van der Waals surface area contributed by atoms with Gasteiger partial charge in [0.1, 0.15) is 11.5 Å². The van der Waals surface area contributed by atoms with Gasteiger partial charge in [0.15, 0.2) is 11.7 Å². The Balaban J connectivity index is 1.87. The zero-order valence-electron chi connectivity index (χ0n) is 14.8. The molecule has 1 aliphatic rings. The van der Waals surface area contributed by atoms with Gasteiger partial charge < -0.3 is 9.47 Å². The van der Waals surface area contributed by atoms with Crippen molar-refractivity contribution in [1.82, 2.24) is 0 Å². The zero-order chi connectivity index (χ0) is 17.4. The molecule has 0 aliphatic heterocycles. The maximum absolute atomic E-state index is 12.6. The van der Waals surface area contributed by atoms with E-state index in [2.05, 4.69) is 0 Å². The number of carbonyl (C=O) groups excluding carboxylic acids is 1. The second-order valence-electron chi connectivity index (χ2n) is 6.44. The molecule has 1 aromatic carbocycles. The molecule has 0 heterocycles. The lowest BCUT2D eigenvalue weighted by molar-refractivity contribution is 0.107. The molecule has 2 rings (SSSR count). The van der Waals surface area contributed by atoms with Crippen molar-refractivity contribution in [3.8, 4) is 11.5 Å². The quantitative estimate of drug-likeness (QED) is 0.440. The van der Waals surface area contributed by atoms with Gasteiger partial charge in [0.2, 0.25) is 0 Å². The van der Waals surface area contributed by atoms with Gasteiger partial charge in [0, 0.05) is 0 Å². The number of carbonyl (C=O) groups is 1. The van der Waals surface area contributed by atoms with Gasteiger partial charge in [-0.05, 0) is 30.9 Å². The van der Waals surface area contributed by atoms with E-state index in [0.717, 1.165) is 18.8 Å². The summed E-state index contributed by atoms with van der Waals surface area (Å²) in [6.45, 7) is 0. The van der Waals surface area contributed by atoms with Gasteiger partial charge in [-0.1, -0.05) is 49.2 Å². The molecule has 5 heteroatoms. The third-order valence-corrected chi connectivity index (χ3v) is 6.22. The summed E-state index contributed by atoms with van der Waals surface area (Å²) in [5.74, 6) is 1.68. The molecule has 1 atom stereocenters. The summed E-state index contributed by atoms with van der Waals surface area (Å²) in [4.78, 5) is 12.6. The summed E-state index contributed by atoms with van der Waals surface area (Å²) in [5, 5.41) is 0. The fraction of sp³-hybridized carbons (Fsp3) is 0.632. The van der Waals surface area contributed by atoms with Gasteiger partial charge in [-0.25, -0.2) is 4.79 Å². The summed E-state index contributed by atoms with van der Waals surface area (Å²) in [7, 11) is 1.07. The fourth-order valence-electron chi connectivity index (χ4n) is 3.45. The predicted octanol–water partition coefficient (Wildman–Crippen LogP) is 5.42. The molecule has 1 saturated carbocycles. The van der Waals surface area contributed by atoms with Crippen LogP contribution in [0.5, 0.6) is 11.5 Å². The number of unbranched alkanes of at least 4 members (excludes halogenated alkanes) is 1. The largest absolute Gasteiger partial charge is 0.496 e. The molecule has 24 heavy (non-hydrogen) atoms. The van der Waals surface area contributed by atoms with Gasteiger partial charge in [-0.3, -0.25) is 0 Å². The molecular formula is C19H28O4P+. The van der Waals surface area contributed by atoms with Crippen molar-refractivity contribution in [2.75, 3.05) is 20.4 Å². The van der Waals surface area contributed by atoms with Crippen molar-refractivity contribution < 1.29 is 18.8 Å². The van der Waals surface area contributed by atoms with E-state index in [9.17, 15) is 9.36 Å². The normalized spacial score (nSPS) is 15.8. The van der Waals surface area contributed by atoms with Gasteiger partial charge in [-0.15, -0.1) is 0 Å². The van der Waals surface area contributed by atoms with Gasteiger partial charge in [0.05, 0.1) is 14.2 Å². The van der Waals surface area contributed by atoms with Crippen LogP contribution in [0.3, 0.4) is 0 Å². The van der Waals surface area contributed by atoms with Crippen LogP contribution < -0.4 is 9.47 Å². The third-order valence-electron chi connectivity index (χ3n) is 4.82. The van der Waals surface area contributed by atoms with Crippen LogP contribution in [0.4, 0.5) is 0 Å². The van der Waals surface area contributed by atoms with Crippen molar-refractivity contribution in [2.45, 2.75) is 51.4 Å². The number of methoxy groups -OCH3 is 2. The zero-order valence-corrected chi connectivity index (χ0v) is 15.6. The van der Waals surface area contributed by atoms with Gasteiger partial charge in [-0.2, -0.15) is 0 Å². The van der Waals surface area contributed by atoms with Crippen LogP contribution in [0.2, 0.25) is 0 Å². The first kappa shape index (κ1) is 18.9. The van der Waals surface area contributed by atoms with E-state index >= 15 is 0 Å². The highest BCUT2D eigenvalue weighted by Gasteiger charge is 2.34. The van der Waals surface area contributed by atoms with E-state index in [-0.39, 0.29) is 5.52 Å². The molecule has 132 valence electrons. The van der Waals surface area contributed by atoms with Crippen molar-refractivity contribution in [3.63, 3.8) is 0 Å². The van der Waals surface area contributed by atoms with Crippen molar-refractivity contribution in [2.24, 2.45) is 5.92 Å². The van der Waals surface area contributed by atoms with E-state index in [0.29, 0.717) is 23.2 Å². The summed E-state index contributed by atoms with van der Waals surface area (Å²) < 4.78 is 22.9. The average Bonchev–Trinajstić information content (AvgIpc) is 2.64. The lowest BCUT2D eigenvalue weighted by atomic mass is 9.86. The lowest BCUT2D eigenvalue weighted by Gasteiger charge is -2.20. The minimum atomic E-state index is -1.94. The molecule has 0 spiro atoms. The van der Waals surface area contributed by atoms with Crippen molar-refractivity contribution in [1.29, 1.82) is 0 Å². The first-order valence-corrected chi connectivity index (χ1v) is 10.3. The molecule has 1 unspecified atom stereocenters. The molecule has 0 radical (unpaired) electrons. The Morgan fingerprint density at radius 3 is 2.29 bits per heavy atom. The maximum atomic E-state index is 12.6. The minimum absolute atomic E-state index is 0.302. The number of ether oxygens (including phenoxy) is 2. The highest BCUT2D eigenvalue weighted by molar-refractivity contribution is 7.64. The van der Waals surface area contributed by atoms with E-state index in [1.54, 1.807) is 18.2 Å². The molecule has 1 aromatic rings. The van der Waals surface area contributed by atoms with Crippen LogP contribution in [0, 0.1) is 5.92 Å². The molecular weight excluding hydrogens is 323 g/mol. The number of hydrogen-bond donors (Lipinski definition) is 0. The molecule has 4 nitrogen and oxygen atoms in total. The Labute approximate surface area is 145 Å². The van der Waals surface area contributed by atoms with Gasteiger partial charge in [0.25, 0.3) is 0 Å². The third kappa shape index (κ3) is 5.04. The Morgan fingerprint density at radius 1 is 1.08 bits per heavy atom. The van der Waals surface area contributed by atoms with Crippen molar-refractivity contribution in [3.05, 3.63) is 23.8 Å². The smallest absolute Gasteiger partial charge is 0.420 e. The molecule has 1 fully saturated rings. The van der Waals surface area contributed by atoms with Crippen LogP contribution in [0.1, 0.15) is 61.7 Å². The Morgan fingerprint density at radius 2 is 1.71 bits per heavy atom. The summed E-state index contributed by atoms with van der Waals surface area (Å²) in [5.41, 5.74) is -0.0622. The van der Waals surface area contributed by atoms with Crippen LogP contribution in [0.25, 0.3) is 0 Å². The lowest BCUT2D eigenvalue weighted by Crippen LogP contribution is -2.06. The SMILES string of the molecule is COc1cccc(OC)c1C(=O)[P+](=O)CCCCC1CCCCC1. The average molecular weight is 351 g/mol. The molecule has 0 aromatic heterocycles. The molecule has 0 bridgehead atoms.